The number of hydrogen-bond acceptors (Lipinski definition) is 3. The second kappa shape index (κ2) is 8.52. The lowest BCUT2D eigenvalue weighted by Crippen LogP contribution is -2.34. The highest BCUT2D eigenvalue weighted by atomic mass is 16.5. The minimum absolute atomic E-state index is 0.434. The van der Waals surface area contributed by atoms with Gasteiger partial charge in [0.15, 0.2) is 0 Å². The van der Waals surface area contributed by atoms with Crippen molar-refractivity contribution in [2.24, 2.45) is 5.92 Å². The van der Waals surface area contributed by atoms with Gasteiger partial charge in [0.25, 0.3) is 0 Å². The van der Waals surface area contributed by atoms with Crippen LogP contribution in [-0.4, -0.2) is 37.7 Å². The first-order valence-corrected chi connectivity index (χ1v) is 8.22. The van der Waals surface area contributed by atoms with Gasteiger partial charge in [0, 0.05) is 19.6 Å². The van der Waals surface area contributed by atoms with Gasteiger partial charge >= 0.3 is 0 Å². The Hall–Kier alpha value is -0.900. The Morgan fingerprint density at radius 2 is 1.95 bits per heavy atom. The number of ether oxygens (including phenoxy) is 1. The van der Waals surface area contributed by atoms with Crippen LogP contribution in [0.1, 0.15) is 37.8 Å². The van der Waals surface area contributed by atoms with Crippen molar-refractivity contribution in [3.05, 3.63) is 35.4 Å². The lowest BCUT2D eigenvalue weighted by molar-refractivity contribution is 0.00211. The lowest BCUT2D eigenvalue weighted by atomic mass is 10.1. The van der Waals surface area contributed by atoms with Crippen molar-refractivity contribution >= 4 is 0 Å². The topological polar surface area (TPSA) is 24.5 Å². The summed E-state index contributed by atoms with van der Waals surface area (Å²) in [6, 6.07) is 8.76. The molecule has 0 bridgehead atoms. The number of benzene rings is 1. The normalized spacial score (nSPS) is 17.5. The molecule has 0 unspecified atom stereocenters. The molecule has 21 heavy (non-hydrogen) atoms. The molecule has 1 heterocycles. The average molecular weight is 290 g/mol. The first-order valence-electron chi connectivity index (χ1n) is 8.22. The number of likely N-dealkylation sites (tertiary alicyclic amines) is 1. The predicted molar refractivity (Wildman–Crippen MR) is 88.3 cm³/mol. The zero-order valence-corrected chi connectivity index (χ0v) is 13.8. The van der Waals surface area contributed by atoms with E-state index in [1.54, 1.807) is 0 Å². The van der Waals surface area contributed by atoms with Crippen molar-refractivity contribution in [3.8, 4) is 0 Å². The molecule has 1 N–H and O–H groups in total. The molecule has 0 radical (unpaired) electrons. The molecule has 1 saturated heterocycles. The van der Waals surface area contributed by atoms with Gasteiger partial charge in [-0.05, 0) is 43.5 Å². The SMILES string of the molecule is CC(C)CNCc1cccc(COC2CCN(C)CC2)c1. The van der Waals surface area contributed by atoms with Crippen LogP contribution in [0.2, 0.25) is 0 Å². The van der Waals surface area contributed by atoms with E-state index in [4.69, 9.17) is 4.74 Å². The minimum Gasteiger partial charge on any atom is -0.373 e. The summed E-state index contributed by atoms with van der Waals surface area (Å²) in [4.78, 5) is 2.38. The van der Waals surface area contributed by atoms with Gasteiger partial charge in [-0.2, -0.15) is 0 Å². The highest BCUT2D eigenvalue weighted by Gasteiger charge is 2.16. The Kier molecular flexibility index (Phi) is 6.68. The van der Waals surface area contributed by atoms with Crippen LogP contribution in [0, 0.1) is 5.92 Å². The van der Waals surface area contributed by atoms with Crippen LogP contribution in [0.15, 0.2) is 24.3 Å². The zero-order chi connectivity index (χ0) is 15.1. The van der Waals surface area contributed by atoms with E-state index in [1.165, 1.54) is 11.1 Å². The quantitative estimate of drug-likeness (QED) is 0.835. The molecule has 1 aromatic rings. The molecule has 2 rings (SSSR count). The van der Waals surface area contributed by atoms with E-state index in [-0.39, 0.29) is 0 Å². The summed E-state index contributed by atoms with van der Waals surface area (Å²) in [6.45, 7) is 9.54. The van der Waals surface area contributed by atoms with Crippen molar-refractivity contribution in [3.63, 3.8) is 0 Å². The van der Waals surface area contributed by atoms with Crippen LogP contribution in [0.3, 0.4) is 0 Å². The number of nitrogens with zero attached hydrogens (tertiary/aromatic N) is 1. The first kappa shape index (κ1) is 16.5. The monoisotopic (exact) mass is 290 g/mol. The summed E-state index contributed by atoms with van der Waals surface area (Å²) < 4.78 is 6.07. The van der Waals surface area contributed by atoms with Gasteiger partial charge in [-0.15, -0.1) is 0 Å². The number of nitrogens with one attached hydrogen (secondary N) is 1. The van der Waals surface area contributed by atoms with Gasteiger partial charge in [-0.3, -0.25) is 0 Å². The zero-order valence-electron chi connectivity index (χ0n) is 13.8. The molecule has 0 saturated carbocycles. The highest BCUT2D eigenvalue weighted by Crippen LogP contribution is 2.15. The fraction of sp³-hybridized carbons (Fsp3) is 0.667. The van der Waals surface area contributed by atoms with Gasteiger partial charge in [-0.25, -0.2) is 0 Å². The number of hydrogen-bond donors (Lipinski definition) is 1. The van der Waals surface area contributed by atoms with Crippen LogP contribution < -0.4 is 5.32 Å². The Labute approximate surface area is 129 Å². The molecule has 118 valence electrons. The van der Waals surface area contributed by atoms with E-state index in [1.807, 2.05) is 0 Å². The molecule has 1 aliphatic heterocycles. The third-order valence-corrected chi connectivity index (χ3v) is 4.02. The van der Waals surface area contributed by atoms with E-state index in [0.717, 1.165) is 45.6 Å². The Morgan fingerprint density at radius 1 is 1.24 bits per heavy atom. The van der Waals surface area contributed by atoms with E-state index in [2.05, 4.69) is 55.4 Å². The van der Waals surface area contributed by atoms with Crippen LogP contribution in [0.25, 0.3) is 0 Å². The molecular weight excluding hydrogens is 260 g/mol. The third-order valence-electron chi connectivity index (χ3n) is 4.02. The summed E-state index contributed by atoms with van der Waals surface area (Å²) in [6.07, 6.45) is 2.75. The van der Waals surface area contributed by atoms with E-state index in [9.17, 15) is 0 Å². The van der Waals surface area contributed by atoms with Crippen LogP contribution in [0.5, 0.6) is 0 Å². The molecule has 0 amide bonds. The Balaban J connectivity index is 1.75. The molecule has 1 aliphatic rings. The molecule has 0 aliphatic carbocycles. The number of piperidine rings is 1. The minimum atomic E-state index is 0.434. The molecule has 3 heteroatoms. The second-order valence-corrected chi connectivity index (χ2v) is 6.66. The Morgan fingerprint density at radius 3 is 2.67 bits per heavy atom. The third kappa shape index (κ3) is 6.16. The van der Waals surface area contributed by atoms with Crippen molar-refractivity contribution in [2.75, 3.05) is 26.7 Å². The molecule has 1 fully saturated rings. The fourth-order valence-electron chi connectivity index (χ4n) is 2.70. The largest absolute Gasteiger partial charge is 0.373 e. The van der Waals surface area contributed by atoms with Crippen molar-refractivity contribution in [2.45, 2.75) is 45.9 Å². The summed E-state index contributed by atoms with van der Waals surface area (Å²) in [7, 11) is 2.18. The highest BCUT2D eigenvalue weighted by molar-refractivity contribution is 5.22. The van der Waals surface area contributed by atoms with E-state index < -0.39 is 0 Å². The Bertz CT molecular complexity index is 411. The van der Waals surface area contributed by atoms with Crippen molar-refractivity contribution in [1.82, 2.24) is 10.2 Å². The van der Waals surface area contributed by atoms with Gasteiger partial charge in [0.1, 0.15) is 0 Å². The van der Waals surface area contributed by atoms with E-state index in [0.29, 0.717) is 12.0 Å². The molecule has 1 aromatic carbocycles. The van der Waals surface area contributed by atoms with Crippen LogP contribution >= 0.6 is 0 Å². The van der Waals surface area contributed by atoms with Crippen LogP contribution in [0.4, 0.5) is 0 Å². The van der Waals surface area contributed by atoms with Gasteiger partial charge in [-0.1, -0.05) is 38.1 Å². The average Bonchev–Trinajstić information content (AvgIpc) is 2.47. The number of rotatable bonds is 7. The second-order valence-electron chi connectivity index (χ2n) is 6.66. The summed E-state index contributed by atoms with van der Waals surface area (Å²) in [5, 5.41) is 3.49. The summed E-state index contributed by atoms with van der Waals surface area (Å²) >= 11 is 0. The standard InChI is InChI=1S/C18H30N2O/c1-15(2)12-19-13-16-5-4-6-17(11-16)14-21-18-7-9-20(3)10-8-18/h4-6,11,15,18-19H,7-10,12-14H2,1-3H3. The molecule has 0 atom stereocenters. The maximum absolute atomic E-state index is 6.07. The maximum Gasteiger partial charge on any atom is 0.0720 e. The van der Waals surface area contributed by atoms with E-state index >= 15 is 0 Å². The molecule has 0 aromatic heterocycles. The lowest BCUT2D eigenvalue weighted by Gasteiger charge is -2.28. The first-order chi connectivity index (χ1) is 10.1. The summed E-state index contributed by atoms with van der Waals surface area (Å²) in [5.41, 5.74) is 2.64. The predicted octanol–water partition coefficient (Wildman–Crippen LogP) is 3.04. The van der Waals surface area contributed by atoms with Crippen molar-refractivity contribution in [1.29, 1.82) is 0 Å². The van der Waals surface area contributed by atoms with Gasteiger partial charge < -0.3 is 15.0 Å². The maximum atomic E-state index is 6.07. The van der Waals surface area contributed by atoms with Gasteiger partial charge in [0.2, 0.25) is 0 Å². The van der Waals surface area contributed by atoms with Gasteiger partial charge in [0.05, 0.1) is 12.7 Å². The van der Waals surface area contributed by atoms with Crippen molar-refractivity contribution < 1.29 is 4.74 Å². The summed E-state index contributed by atoms with van der Waals surface area (Å²) in [5.74, 6) is 0.695. The van der Waals surface area contributed by atoms with Crippen LogP contribution in [-0.2, 0) is 17.9 Å². The molecular formula is C18H30N2O. The molecule has 0 spiro atoms. The smallest absolute Gasteiger partial charge is 0.0720 e. The molecule has 3 nitrogen and oxygen atoms in total. The fourth-order valence-corrected chi connectivity index (χ4v) is 2.70.